The highest BCUT2D eigenvalue weighted by atomic mass is 35.5. The van der Waals surface area contributed by atoms with E-state index >= 15 is 0 Å². The molecule has 0 unspecified atom stereocenters. The normalized spacial score (nSPS) is 12.7. The molecule has 0 aliphatic carbocycles. The number of hydrogen-bond donors (Lipinski definition) is 1. The van der Waals surface area contributed by atoms with Crippen molar-refractivity contribution in [1.82, 2.24) is 10.2 Å². The van der Waals surface area contributed by atoms with Crippen LogP contribution in [-0.4, -0.2) is 49.5 Å². The molecule has 0 aliphatic heterocycles. The largest absolute Gasteiger partial charge is 0.350 e. The first-order chi connectivity index (χ1) is 16.6. The van der Waals surface area contributed by atoms with E-state index in [0.717, 1.165) is 17.4 Å². The number of benzene rings is 2. The molecule has 0 radical (unpaired) electrons. The van der Waals surface area contributed by atoms with E-state index in [2.05, 4.69) is 5.32 Å². The van der Waals surface area contributed by atoms with Gasteiger partial charge in [-0.25, -0.2) is 8.42 Å². The van der Waals surface area contributed by atoms with Crippen LogP contribution in [-0.2, 0) is 26.2 Å². The number of rotatable bonds is 10. The van der Waals surface area contributed by atoms with E-state index in [-0.39, 0.29) is 37.7 Å². The van der Waals surface area contributed by atoms with Crippen LogP contribution in [0.4, 0.5) is 5.69 Å². The molecule has 7 nitrogen and oxygen atoms in total. The van der Waals surface area contributed by atoms with Crippen molar-refractivity contribution < 1.29 is 18.0 Å². The van der Waals surface area contributed by atoms with Gasteiger partial charge in [0, 0.05) is 35.1 Å². The highest BCUT2D eigenvalue weighted by Gasteiger charge is 2.29. The molecule has 198 valence electrons. The Morgan fingerprint density at radius 1 is 1.08 bits per heavy atom. The molecule has 2 aromatic rings. The van der Waals surface area contributed by atoms with Crippen LogP contribution in [0.5, 0.6) is 0 Å². The van der Waals surface area contributed by atoms with Crippen molar-refractivity contribution in [2.45, 2.75) is 65.6 Å². The predicted octanol–water partition coefficient (Wildman–Crippen LogP) is 5.18. The van der Waals surface area contributed by atoms with Gasteiger partial charge in [0.25, 0.3) is 0 Å². The molecule has 2 amide bonds. The van der Waals surface area contributed by atoms with Crippen LogP contribution in [0.1, 0.15) is 51.7 Å². The molecule has 2 rings (SSSR count). The van der Waals surface area contributed by atoms with Gasteiger partial charge in [0.15, 0.2) is 0 Å². The molecule has 2 aromatic carbocycles. The second-order valence-electron chi connectivity index (χ2n) is 9.90. The van der Waals surface area contributed by atoms with Crippen LogP contribution < -0.4 is 9.62 Å². The summed E-state index contributed by atoms with van der Waals surface area (Å²) in [7, 11) is -3.61. The van der Waals surface area contributed by atoms with E-state index in [1.807, 2.05) is 32.9 Å². The zero-order valence-corrected chi connectivity index (χ0v) is 24.0. The summed E-state index contributed by atoms with van der Waals surface area (Å²) in [5, 5.41) is 3.84. The molecule has 0 spiro atoms. The Hall–Kier alpha value is -2.29. The summed E-state index contributed by atoms with van der Waals surface area (Å²) in [4.78, 5) is 27.8. The van der Waals surface area contributed by atoms with E-state index < -0.39 is 21.6 Å². The Balaban J connectivity index is 2.24. The molecular formula is C26H35Cl2N3O4S. The number of hydrogen-bond acceptors (Lipinski definition) is 4. The second kappa shape index (κ2) is 12.3. The average molecular weight is 557 g/mol. The highest BCUT2D eigenvalue weighted by molar-refractivity contribution is 7.92. The molecule has 0 fully saturated rings. The first-order valence-corrected chi connectivity index (χ1v) is 14.3. The van der Waals surface area contributed by atoms with Crippen molar-refractivity contribution >= 4 is 50.7 Å². The molecule has 1 atom stereocenters. The molecule has 0 aromatic heterocycles. The van der Waals surface area contributed by atoms with E-state index in [9.17, 15) is 18.0 Å². The van der Waals surface area contributed by atoms with Crippen LogP contribution in [0.3, 0.4) is 0 Å². The van der Waals surface area contributed by atoms with Crippen molar-refractivity contribution in [2.75, 3.05) is 17.1 Å². The van der Waals surface area contributed by atoms with Gasteiger partial charge < -0.3 is 10.2 Å². The number of carbonyl (C=O) groups is 2. The minimum absolute atomic E-state index is 0.0449. The summed E-state index contributed by atoms with van der Waals surface area (Å²) in [5.74, 6) is -0.557. The van der Waals surface area contributed by atoms with Crippen LogP contribution in [0.15, 0.2) is 42.5 Å². The van der Waals surface area contributed by atoms with Crippen molar-refractivity contribution in [3.8, 4) is 0 Å². The molecule has 10 heteroatoms. The van der Waals surface area contributed by atoms with Gasteiger partial charge >= 0.3 is 0 Å². The molecule has 0 heterocycles. The van der Waals surface area contributed by atoms with Gasteiger partial charge in [0.1, 0.15) is 6.04 Å². The van der Waals surface area contributed by atoms with Crippen LogP contribution >= 0.6 is 23.2 Å². The molecular weight excluding hydrogens is 521 g/mol. The van der Waals surface area contributed by atoms with Crippen molar-refractivity contribution in [3.63, 3.8) is 0 Å². The third-order valence-corrected chi connectivity index (χ3v) is 7.34. The number of carbonyl (C=O) groups excluding carboxylic acids is 2. The number of aryl methyl sites for hydroxylation is 1. The quantitative estimate of drug-likeness (QED) is 0.437. The van der Waals surface area contributed by atoms with E-state index in [1.54, 1.807) is 44.2 Å². The van der Waals surface area contributed by atoms with E-state index in [1.165, 1.54) is 9.21 Å². The summed E-state index contributed by atoms with van der Waals surface area (Å²) in [5.41, 5.74) is 1.48. The molecule has 0 bridgehead atoms. The minimum Gasteiger partial charge on any atom is -0.350 e. The molecule has 0 saturated heterocycles. The Kier molecular flexibility index (Phi) is 10.2. The maximum absolute atomic E-state index is 13.4. The Morgan fingerprint density at radius 2 is 1.72 bits per heavy atom. The summed E-state index contributed by atoms with van der Waals surface area (Å²) in [6.45, 7) is 9.33. The number of nitrogens with zero attached hydrogens (tertiary/aromatic N) is 2. The van der Waals surface area contributed by atoms with E-state index in [0.29, 0.717) is 15.7 Å². The monoisotopic (exact) mass is 555 g/mol. The molecule has 0 saturated carbocycles. The molecule has 0 aliphatic rings. The standard InChI is InChI=1S/C26H35Cl2N3O4S/c1-18-13-14-21(27)16-23(18)31(36(6,34)35)15-9-12-24(32)30(17-20-10-7-8-11-22(20)28)19(2)25(33)29-26(3,4)5/h7-8,10-11,13-14,16,19H,9,12,15,17H2,1-6H3,(H,29,33)/t19-/m1/s1. The molecule has 1 N–H and O–H groups in total. The number of amides is 2. The maximum Gasteiger partial charge on any atom is 0.242 e. The summed E-state index contributed by atoms with van der Waals surface area (Å²) in [6.07, 6.45) is 1.42. The Labute approximate surface area is 224 Å². The van der Waals surface area contributed by atoms with Gasteiger partial charge in [-0.3, -0.25) is 13.9 Å². The number of halogens is 2. The van der Waals surface area contributed by atoms with Crippen LogP contribution in [0.2, 0.25) is 10.0 Å². The Morgan fingerprint density at radius 3 is 2.31 bits per heavy atom. The van der Waals surface area contributed by atoms with Crippen molar-refractivity contribution in [3.05, 3.63) is 63.6 Å². The number of anilines is 1. The summed E-state index contributed by atoms with van der Waals surface area (Å²) < 4.78 is 26.3. The average Bonchev–Trinajstić information content (AvgIpc) is 2.75. The molecule has 36 heavy (non-hydrogen) atoms. The lowest BCUT2D eigenvalue weighted by molar-refractivity contribution is -0.141. The Bertz CT molecular complexity index is 1200. The predicted molar refractivity (Wildman–Crippen MR) is 147 cm³/mol. The van der Waals surface area contributed by atoms with Crippen LogP contribution in [0.25, 0.3) is 0 Å². The smallest absolute Gasteiger partial charge is 0.242 e. The van der Waals surface area contributed by atoms with E-state index in [4.69, 9.17) is 23.2 Å². The maximum atomic E-state index is 13.4. The third-order valence-electron chi connectivity index (χ3n) is 5.56. The number of nitrogens with one attached hydrogen (secondary N) is 1. The minimum atomic E-state index is -3.61. The topological polar surface area (TPSA) is 86.8 Å². The fraction of sp³-hybridized carbons (Fsp3) is 0.462. The second-order valence-corrected chi connectivity index (χ2v) is 12.6. The summed E-state index contributed by atoms with van der Waals surface area (Å²) >= 11 is 12.4. The fourth-order valence-electron chi connectivity index (χ4n) is 3.70. The van der Waals surface area contributed by atoms with Crippen molar-refractivity contribution in [1.29, 1.82) is 0 Å². The zero-order valence-electron chi connectivity index (χ0n) is 21.6. The lowest BCUT2D eigenvalue weighted by atomic mass is 10.1. The summed E-state index contributed by atoms with van der Waals surface area (Å²) in [6, 6.07) is 11.5. The van der Waals surface area contributed by atoms with Gasteiger partial charge in [-0.2, -0.15) is 0 Å². The first kappa shape index (κ1) is 29.9. The SMILES string of the molecule is Cc1ccc(Cl)cc1N(CCCC(=O)N(Cc1ccccc1Cl)[C@H](C)C(=O)NC(C)(C)C)S(C)(=O)=O. The lowest BCUT2D eigenvalue weighted by Crippen LogP contribution is -2.52. The highest BCUT2D eigenvalue weighted by Crippen LogP contribution is 2.27. The first-order valence-electron chi connectivity index (χ1n) is 11.7. The van der Waals surface area contributed by atoms with Crippen LogP contribution in [0, 0.1) is 6.92 Å². The third kappa shape index (κ3) is 8.68. The lowest BCUT2D eigenvalue weighted by Gasteiger charge is -2.32. The van der Waals surface area contributed by atoms with Gasteiger partial charge in [0.05, 0.1) is 11.9 Å². The van der Waals surface area contributed by atoms with Crippen molar-refractivity contribution in [2.24, 2.45) is 0 Å². The number of sulfonamides is 1. The van der Waals surface area contributed by atoms with Gasteiger partial charge in [-0.1, -0.05) is 47.5 Å². The van der Waals surface area contributed by atoms with Gasteiger partial charge in [-0.15, -0.1) is 0 Å². The van der Waals surface area contributed by atoms with Gasteiger partial charge in [-0.05, 0) is 70.4 Å². The van der Waals surface area contributed by atoms with Gasteiger partial charge in [0.2, 0.25) is 21.8 Å². The fourth-order valence-corrected chi connectivity index (χ4v) is 5.08. The zero-order chi connectivity index (χ0) is 27.3.